The highest BCUT2D eigenvalue weighted by Gasteiger charge is 2.19. The summed E-state index contributed by atoms with van der Waals surface area (Å²) in [6.07, 6.45) is 3.71. The predicted molar refractivity (Wildman–Crippen MR) is 94.9 cm³/mol. The Kier molecular flexibility index (Phi) is 6.93. The molecule has 1 rings (SSSR count). The summed E-state index contributed by atoms with van der Waals surface area (Å²) >= 11 is 0. The molecule has 2 atom stereocenters. The van der Waals surface area contributed by atoms with Crippen LogP contribution in [0.1, 0.15) is 64.2 Å². The summed E-state index contributed by atoms with van der Waals surface area (Å²) in [5, 5.41) is 3.70. The van der Waals surface area contributed by atoms with Crippen LogP contribution in [0.2, 0.25) is 0 Å². The zero-order valence-corrected chi connectivity index (χ0v) is 15.2. The Morgan fingerprint density at radius 3 is 2.14 bits per heavy atom. The molecule has 2 unspecified atom stereocenters. The number of hydrogen-bond donors (Lipinski definition) is 1. The van der Waals surface area contributed by atoms with Crippen molar-refractivity contribution in [1.29, 1.82) is 0 Å². The van der Waals surface area contributed by atoms with Crippen molar-refractivity contribution in [2.45, 2.75) is 73.8 Å². The third-order valence-electron chi connectivity index (χ3n) is 4.24. The molecule has 0 fully saturated rings. The molecule has 0 saturated carbocycles. The Morgan fingerprint density at radius 1 is 1.10 bits per heavy atom. The van der Waals surface area contributed by atoms with E-state index in [4.69, 9.17) is 0 Å². The number of benzene rings is 1. The molecular weight excluding hydrogens is 254 g/mol. The van der Waals surface area contributed by atoms with Crippen LogP contribution in [-0.2, 0) is 6.42 Å². The van der Waals surface area contributed by atoms with Gasteiger partial charge in [-0.3, -0.25) is 0 Å². The lowest BCUT2D eigenvalue weighted by molar-refractivity contribution is 0.275. The summed E-state index contributed by atoms with van der Waals surface area (Å²) in [4.78, 5) is 0. The number of likely N-dealkylation sites (N-methyl/N-ethyl adjacent to an activating group) is 1. The lowest BCUT2D eigenvalue weighted by Crippen LogP contribution is -2.33. The van der Waals surface area contributed by atoms with Crippen molar-refractivity contribution >= 4 is 0 Å². The molecule has 0 radical (unpaired) electrons. The standard InChI is InChI=1S/C20H35N/c1-8-21-18(12-15(2)14-20(5,6)7)13-19-16(3)10-9-11-17(19)4/h9-11,15,18,21H,8,12-14H2,1-7H3. The van der Waals surface area contributed by atoms with E-state index in [1.807, 2.05) is 0 Å². The van der Waals surface area contributed by atoms with Gasteiger partial charge in [0.2, 0.25) is 0 Å². The minimum atomic E-state index is 0.425. The topological polar surface area (TPSA) is 12.0 Å². The molecule has 1 nitrogen and oxygen atoms in total. The van der Waals surface area contributed by atoms with E-state index in [1.165, 1.54) is 29.5 Å². The zero-order chi connectivity index (χ0) is 16.0. The van der Waals surface area contributed by atoms with Crippen LogP contribution in [0, 0.1) is 25.2 Å². The molecule has 0 aliphatic heterocycles. The maximum absolute atomic E-state index is 3.70. The molecule has 21 heavy (non-hydrogen) atoms. The first-order valence-electron chi connectivity index (χ1n) is 8.51. The highest BCUT2D eigenvalue weighted by Crippen LogP contribution is 2.27. The van der Waals surface area contributed by atoms with Gasteiger partial charge in [-0.15, -0.1) is 0 Å². The molecule has 1 N–H and O–H groups in total. The summed E-state index contributed by atoms with van der Waals surface area (Å²) in [5.41, 5.74) is 4.82. The first kappa shape index (κ1) is 18.2. The average Bonchev–Trinajstić information content (AvgIpc) is 2.31. The van der Waals surface area contributed by atoms with Crippen molar-refractivity contribution in [2.24, 2.45) is 11.3 Å². The molecule has 0 bridgehead atoms. The lowest BCUT2D eigenvalue weighted by atomic mass is 9.81. The molecule has 120 valence electrons. The third kappa shape index (κ3) is 6.65. The minimum absolute atomic E-state index is 0.425. The highest BCUT2D eigenvalue weighted by molar-refractivity contribution is 5.34. The Balaban J connectivity index is 2.74. The molecule has 1 aromatic carbocycles. The van der Waals surface area contributed by atoms with E-state index in [2.05, 4.69) is 72.0 Å². The molecule has 0 saturated heterocycles. The molecule has 0 aliphatic carbocycles. The fraction of sp³-hybridized carbons (Fsp3) is 0.700. The second-order valence-corrected chi connectivity index (χ2v) is 7.93. The number of aryl methyl sites for hydroxylation is 2. The molecular formula is C20H35N. The number of rotatable bonds is 7. The van der Waals surface area contributed by atoms with Crippen LogP contribution in [0.15, 0.2) is 18.2 Å². The summed E-state index contributed by atoms with van der Waals surface area (Å²) < 4.78 is 0. The van der Waals surface area contributed by atoms with Crippen molar-refractivity contribution in [3.05, 3.63) is 34.9 Å². The van der Waals surface area contributed by atoms with E-state index in [1.54, 1.807) is 0 Å². The van der Waals surface area contributed by atoms with Gasteiger partial charge in [-0.1, -0.05) is 52.8 Å². The van der Waals surface area contributed by atoms with Gasteiger partial charge in [-0.25, -0.2) is 0 Å². The van der Waals surface area contributed by atoms with E-state index in [-0.39, 0.29) is 0 Å². The molecule has 1 heteroatoms. The summed E-state index contributed by atoms with van der Waals surface area (Å²) in [6.45, 7) is 17.2. The average molecular weight is 290 g/mol. The Hall–Kier alpha value is -0.820. The van der Waals surface area contributed by atoms with Gasteiger partial charge in [0, 0.05) is 6.04 Å². The Bertz CT molecular complexity index is 408. The summed E-state index contributed by atoms with van der Waals surface area (Å²) in [6, 6.07) is 7.24. The quantitative estimate of drug-likeness (QED) is 0.719. The van der Waals surface area contributed by atoms with Crippen molar-refractivity contribution in [3.63, 3.8) is 0 Å². The van der Waals surface area contributed by atoms with E-state index >= 15 is 0 Å². The van der Waals surface area contributed by atoms with Gasteiger partial charge in [0.15, 0.2) is 0 Å². The minimum Gasteiger partial charge on any atom is -0.314 e. The number of nitrogens with one attached hydrogen (secondary N) is 1. The lowest BCUT2D eigenvalue weighted by Gasteiger charge is -2.28. The third-order valence-corrected chi connectivity index (χ3v) is 4.24. The van der Waals surface area contributed by atoms with Gasteiger partial charge < -0.3 is 5.32 Å². The van der Waals surface area contributed by atoms with Crippen LogP contribution in [0.5, 0.6) is 0 Å². The van der Waals surface area contributed by atoms with E-state index < -0.39 is 0 Å². The Morgan fingerprint density at radius 2 is 1.67 bits per heavy atom. The maximum Gasteiger partial charge on any atom is 0.0110 e. The molecule has 0 aliphatic rings. The maximum atomic E-state index is 3.70. The van der Waals surface area contributed by atoms with E-state index in [0.29, 0.717) is 11.5 Å². The zero-order valence-electron chi connectivity index (χ0n) is 15.2. The van der Waals surface area contributed by atoms with Gasteiger partial charge in [-0.05, 0) is 67.7 Å². The summed E-state index contributed by atoms with van der Waals surface area (Å²) in [5.74, 6) is 0.762. The molecule has 1 aromatic rings. The largest absolute Gasteiger partial charge is 0.314 e. The van der Waals surface area contributed by atoms with Crippen LogP contribution in [0.4, 0.5) is 0 Å². The van der Waals surface area contributed by atoms with Gasteiger partial charge in [0.25, 0.3) is 0 Å². The monoisotopic (exact) mass is 289 g/mol. The number of hydrogen-bond acceptors (Lipinski definition) is 1. The van der Waals surface area contributed by atoms with E-state index in [9.17, 15) is 0 Å². The second kappa shape index (κ2) is 7.98. The van der Waals surface area contributed by atoms with Gasteiger partial charge in [0.05, 0.1) is 0 Å². The van der Waals surface area contributed by atoms with Crippen LogP contribution >= 0.6 is 0 Å². The molecule has 0 amide bonds. The van der Waals surface area contributed by atoms with Crippen molar-refractivity contribution in [2.75, 3.05) is 6.54 Å². The van der Waals surface area contributed by atoms with Crippen molar-refractivity contribution in [1.82, 2.24) is 5.32 Å². The smallest absolute Gasteiger partial charge is 0.0110 e. The van der Waals surface area contributed by atoms with Crippen molar-refractivity contribution < 1.29 is 0 Å². The first-order chi connectivity index (χ1) is 9.73. The van der Waals surface area contributed by atoms with Crippen LogP contribution in [-0.4, -0.2) is 12.6 Å². The van der Waals surface area contributed by atoms with Crippen LogP contribution < -0.4 is 5.32 Å². The van der Waals surface area contributed by atoms with Crippen molar-refractivity contribution in [3.8, 4) is 0 Å². The van der Waals surface area contributed by atoms with Crippen LogP contribution in [0.3, 0.4) is 0 Å². The molecule has 0 aromatic heterocycles. The summed E-state index contributed by atoms with van der Waals surface area (Å²) in [7, 11) is 0. The van der Waals surface area contributed by atoms with Gasteiger partial charge >= 0.3 is 0 Å². The van der Waals surface area contributed by atoms with Gasteiger partial charge in [-0.2, -0.15) is 0 Å². The molecule has 0 spiro atoms. The Labute approximate surface area is 132 Å². The van der Waals surface area contributed by atoms with E-state index in [0.717, 1.165) is 18.9 Å². The molecule has 0 heterocycles. The van der Waals surface area contributed by atoms with Crippen LogP contribution in [0.25, 0.3) is 0 Å². The predicted octanol–water partition coefficient (Wildman–Crippen LogP) is 5.29. The normalized spacial score (nSPS) is 15.0. The van der Waals surface area contributed by atoms with Gasteiger partial charge in [0.1, 0.15) is 0 Å². The SMILES string of the molecule is CCNC(Cc1c(C)cccc1C)CC(C)CC(C)(C)C. The first-order valence-corrected chi connectivity index (χ1v) is 8.51. The highest BCUT2D eigenvalue weighted by atomic mass is 14.9. The second-order valence-electron chi connectivity index (χ2n) is 7.93. The fourth-order valence-corrected chi connectivity index (χ4v) is 3.56. The fourth-order valence-electron chi connectivity index (χ4n) is 3.56.